The van der Waals surface area contributed by atoms with Gasteiger partial charge in [-0.3, -0.25) is 0 Å². The van der Waals surface area contributed by atoms with Gasteiger partial charge < -0.3 is 0 Å². The summed E-state index contributed by atoms with van der Waals surface area (Å²) in [7, 11) is 0. The van der Waals surface area contributed by atoms with Crippen molar-refractivity contribution < 1.29 is 13.2 Å². The van der Waals surface area contributed by atoms with E-state index in [0.717, 1.165) is 16.3 Å². The van der Waals surface area contributed by atoms with Crippen LogP contribution in [-0.4, -0.2) is 4.98 Å². The number of hydrogen-bond acceptors (Lipinski definition) is 2. The van der Waals surface area contributed by atoms with Crippen molar-refractivity contribution in [2.75, 3.05) is 0 Å². The molecular formula is C14H8F3NS. The highest BCUT2D eigenvalue weighted by Gasteiger charge is 2.33. The third-order valence-corrected chi connectivity index (χ3v) is 3.68. The number of nitrogens with zero attached hydrogens (tertiary/aromatic N) is 1. The highest BCUT2D eigenvalue weighted by molar-refractivity contribution is 7.16. The second-order valence-electron chi connectivity index (χ2n) is 4.08. The summed E-state index contributed by atoms with van der Waals surface area (Å²) in [6, 6.07) is 10.8. The van der Waals surface area contributed by atoms with E-state index in [1.165, 1.54) is 23.5 Å². The second kappa shape index (κ2) is 4.35. The van der Waals surface area contributed by atoms with Crippen LogP contribution in [0.4, 0.5) is 13.2 Å². The number of benzene rings is 2. The van der Waals surface area contributed by atoms with Gasteiger partial charge in [-0.1, -0.05) is 24.3 Å². The van der Waals surface area contributed by atoms with Gasteiger partial charge in [-0.25, -0.2) is 4.98 Å². The van der Waals surface area contributed by atoms with E-state index >= 15 is 0 Å². The van der Waals surface area contributed by atoms with Crippen LogP contribution in [0.1, 0.15) is 5.56 Å². The van der Waals surface area contributed by atoms with Crippen molar-refractivity contribution in [3.05, 3.63) is 53.5 Å². The largest absolute Gasteiger partial charge is 0.417 e. The Balaban J connectivity index is 2.21. The number of aromatic nitrogens is 1. The number of hydrogen-bond donors (Lipinski definition) is 0. The minimum atomic E-state index is -4.35. The second-order valence-corrected chi connectivity index (χ2v) is 4.96. The molecule has 5 heteroatoms. The van der Waals surface area contributed by atoms with Crippen LogP contribution in [0.25, 0.3) is 21.3 Å². The molecule has 3 rings (SSSR count). The first-order valence-corrected chi connectivity index (χ1v) is 6.43. The first-order chi connectivity index (χ1) is 9.05. The van der Waals surface area contributed by atoms with Crippen LogP contribution >= 0.6 is 11.3 Å². The van der Waals surface area contributed by atoms with Gasteiger partial charge in [-0.05, 0) is 29.3 Å². The van der Waals surface area contributed by atoms with Crippen LogP contribution in [0.15, 0.2) is 48.0 Å². The highest BCUT2D eigenvalue weighted by atomic mass is 32.1. The van der Waals surface area contributed by atoms with E-state index in [2.05, 4.69) is 4.98 Å². The van der Waals surface area contributed by atoms with E-state index in [9.17, 15) is 13.2 Å². The van der Waals surface area contributed by atoms with Gasteiger partial charge >= 0.3 is 6.18 Å². The van der Waals surface area contributed by atoms with Crippen molar-refractivity contribution in [1.82, 2.24) is 4.98 Å². The number of thiazole rings is 1. The summed E-state index contributed by atoms with van der Waals surface area (Å²) in [6.45, 7) is 0. The highest BCUT2D eigenvalue weighted by Crippen LogP contribution is 2.37. The van der Waals surface area contributed by atoms with Crippen LogP contribution in [0.5, 0.6) is 0 Å². The van der Waals surface area contributed by atoms with Crippen molar-refractivity contribution in [2.24, 2.45) is 0 Å². The fraction of sp³-hybridized carbons (Fsp3) is 0.0714. The molecule has 0 aliphatic rings. The standard InChI is InChI=1S/C14H8F3NS/c15-14(16,17)11-4-2-1-3-10(11)9-5-6-13-12(7-9)18-8-19-13/h1-8H. The van der Waals surface area contributed by atoms with Crippen molar-refractivity contribution in [2.45, 2.75) is 6.18 Å². The Labute approximate surface area is 111 Å². The molecule has 0 unspecified atom stereocenters. The summed E-state index contributed by atoms with van der Waals surface area (Å²) in [6.07, 6.45) is -4.35. The lowest BCUT2D eigenvalue weighted by molar-refractivity contribution is -0.137. The van der Waals surface area contributed by atoms with Gasteiger partial charge in [0.2, 0.25) is 0 Å². The molecule has 1 aromatic heterocycles. The van der Waals surface area contributed by atoms with E-state index in [1.807, 2.05) is 0 Å². The Morgan fingerprint density at radius 3 is 2.58 bits per heavy atom. The first kappa shape index (κ1) is 12.2. The molecule has 0 N–H and O–H groups in total. The SMILES string of the molecule is FC(F)(F)c1ccccc1-c1ccc2scnc2c1. The first-order valence-electron chi connectivity index (χ1n) is 5.55. The quantitative estimate of drug-likeness (QED) is 0.612. The fourth-order valence-electron chi connectivity index (χ4n) is 2.01. The number of rotatable bonds is 1. The molecule has 0 saturated carbocycles. The van der Waals surface area contributed by atoms with E-state index in [1.54, 1.807) is 29.8 Å². The summed E-state index contributed by atoms with van der Waals surface area (Å²) in [4.78, 5) is 4.13. The van der Waals surface area contributed by atoms with Gasteiger partial charge in [-0.15, -0.1) is 11.3 Å². The summed E-state index contributed by atoms with van der Waals surface area (Å²) < 4.78 is 39.9. The van der Waals surface area contributed by atoms with Crippen molar-refractivity contribution in [1.29, 1.82) is 0 Å². The third-order valence-electron chi connectivity index (χ3n) is 2.87. The zero-order valence-corrected chi connectivity index (χ0v) is 10.4. The van der Waals surface area contributed by atoms with Crippen molar-refractivity contribution in [3.63, 3.8) is 0 Å². The van der Waals surface area contributed by atoms with Crippen molar-refractivity contribution >= 4 is 21.6 Å². The van der Waals surface area contributed by atoms with Crippen LogP contribution < -0.4 is 0 Å². The summed E-state index contributed by atoms with van der Waals surface area (Å²) in [5.74, 6) is 0. The molecule has 2 aromatic carbocycles. The van der Waals surface area contributed by atoms with Gasteiger partial charge in [0.15, 0.2) is 0 Å². The molecular weight excluding hydrogens is 271 g/mol. The smallest absolute Gasteiger partial charge is 0.245 e. The van der Waals surface area contributed by atoms with E-state index < -0.39 is 11.7 Å². The molecule has 0 saturated heterocycles. The van der Waals surface area contributed by atoms with Crippen LogP contribution in [0.2, 0.25) is 0 Å². The minimum absolute atomic E-state index is 0.185. The van der Waals surface area contributed by atoms with Crippen LogP contribution in [-0.2, 0) is 6.18 Å². The monoisotopic (exact) mass is 279 g/mol. The lowest BCUT2D eigenvalue weighted by Gasteiger charge is -2.12. The Kier molecular flexibility index (Phi) is 2.78. The molecule has 0 aliphatic heterocycles. The molecule has 19 heavy (non-hydrogen) atoms. The summed E-state index contributed by atoms with van der Waals surface area (Å²) in [5.41, 5.74) is 2.50. The maximum atomic E-state index is 13.0. The Morgan fingerprint density at radius 1 is 1.00 bits per heavy atom. The molecule has 0 aliphatic carbocycles. The normalized spacial score (nSPS) is 11.9. The lowest BCUT2D eigenvalue weighted by atomic mass is 9.99. The van der Waals surface area contributed by atoms with Crippen LogP contribution in [0.3, 0.4) is 0 Å². The van der Waals surface area contributed by atoms with Crippen molar-refractivity contribution in [3.8, 4) is 11.1 Å². The topological polar surface area (TPSA) is 12.9 Å². The molecule has 0 atom stereocenters. The van der Waals surface area contributed by atoms with Gasteiger partial charge in [0.05, 0.1) is 21.3 Å². The maximum Gasteiger partial charge on any atom is 0.417 e. The maximum absolute atomic E-state index is 13.0. The molecule has 3 aromatic rings. The summed E-state index contributed by atoms with van der Waals surface area (Å²) in [5, 5.41) is 0. The van der Waals surface area contributed by atoms with E-state index in [-0.39, 0.29) is 5.56 Å². The molecule has 1 nitrogen and oxygen atoms in total. The average molecular weight is 279 g/mol. The Hall–Kier alpha value is -1.88. The molecule has 0 bridgehead atoms. The van der Waals surface area contributed by atoms with E-state index in [0.29, 0.717) is 5.56 Å². The third kappa shape index (κ3) is 2.21. The number of fused-ring (bicyclic) bond motifs is 1. The minimum Gasteiger partial charge on any atom is -0.245 e. The molecule has 0 amide bonds. The van der Waals surface area contributed by atoms with Crippen LogP contribution in [0, 0.1) is 0 Å². The van der Waals surface area contributed by atoms with Gasteiger partial charge in [0, 0.05) is 0 Å². The van der Waals surface area contributed by atoms with Gasteiger partial charge in [0.1, 0.15) is 0 Å². The summed E-state index contributed by atoms with van der Waals surface area (Å²) >= 11 is 1.47. The Morgan fingerprint density at radius 2 is 1.79 bits per heavy atom. The molecule has 0 fully saturated rings. The average Bonchev–Trinajstić information content (AvgIpc) is 2.85. The van der Waals surface area contributed by atoms with Gasteiger partial charge in [0.25, 0.3) is 0 Å². The predicted octanol–water partition coefficient (Wildman–Crippen LogP) is 4.98. The predicted molar refractivity (Wildman–Crippen MR) is 70.1 cm³/mol. The van der Waals surface area contributed by atoms with E-state index in [4.69, 9.17) is 0 Å². The molecule has 1 heterocycles. The zero-order valence-electron chi connectivity index (χ0n) is 9.61. The molecule has 0 radical (unpaired) electrons. The molecule has 0 spiro atoms. The fourth-order valence-corrected chi connectivity index (χ4v) is 2.67. The van der Waals surface area contributed by atoms with Gasteiger partial charge in [-0.2, -0.15) is 13.2 Å². The number of alkyl halides is 3. The zero-order chi connectivity index (χ0) is 13.5. The number of halogens is 3. The Bertz CT molecular complexity index is 731. The lowest BCUT2D eigenvalue weighted by Crippen LogP contribution is -2.06. The molecule has 96 valence electrons.